The lowest BCUT2D eigenvalue weighted by molar-refractivity contribution is 0.369. The van der Waals surface area contributed by atoms with Gasteiger partial charge in [0.15, 0.2) is 5.76 Å². The molecule has 0 aromatic carbocycles. The van der Waals surface area contributed by atoms with Crippen LogP contribution < -0.4 is 5.32 Å². The highest BCUT2D eigenvalue weighted by atomic mass is 16.5. The summed E-state index contributed by atoms with van der Waals surface area (Å²) in [5.74, 6) is 3.47. The van der Waals surface area contributed by atoms with E-state index in [9.17, 15) is 0 Å². The number of nitrogens with zero attached hydrogens (tertiary/aromatic N) is 1. The largest absolute Gasteiger partial charge is 0.360 e. The Kier molecular flexibility index (Phi) is 4.07. The molecule has 1 heterocycles. The van der Waals surface area contributed by atoms with E-state index >= 15 is 0 Å². The summed E-state index contributed by atoms with van der Waals surface area (Å²) >= 11 is 0. The lowest BCUT2D eigenvalue weighted by Gasteiger charge is -1.98. The van der Waals surface area contributed by atoms with Crippen molar-refractivity contribution in [1.82, 2.24) is 10.5 Å². The third kappa shape index (κ3) is 3.77. The quantitative estimate of drug-likeness (QED) is 0.548. The maximum absolute atomic E-state index is 5.12. The molecule has 0 amide bonds. The van der Waals surface area contributed by atoms with E-state index in [1.54, 1.807) is 0 Å². The Morgan fingerprint density at radius 1 is 1.69 bits per heavy atom. The first-order valence-electron chi connectivity index (χ1n) is 4.39. The van der Waals surface area contributed by atoms with Gasteiger partial charge in [0.2, 0.25) is 0 Å². The molecule has 0 bridgehead atoms. The molecular weight excluding hydrogens is 164 g/mol. The number of nitrogens with one attached hydrogen (secondary N) is 1. The molecule has 0 atom stereocenters. The SMILES string of the molecule is C#CCCCNCc1cc(C)no1. The molecule has 0 aliphatic rings. The first-order chi connectivity index (χ1) is 6.33. The minimum Gasteiger partial charge on any atom is -0.360 e. The zero-order chi connectivity index (χ0) is 9.52. The minimum atomic E-state index is 0.728. The van der Waals surface area contributed by atoms with E-state index in [2.05, 4.69) is 16.4 Å². The van der Waals surface area contributed by atoms with Gasteiger partial charge in [-0.25, -0.2) is 0 Å². The summed E-state index contributed by atoms with van der Waals surface area (Å²) in [6.07, 6.45) is 6.94. The van der Waals surface area contributed by atoms with Gasteiger partial charge < -0.3 is 9.84 Å². The van der Waals surface area contributed by atoms with E-state index in [0.29, 0.717) is 0 Å². The molecule has 1 rings (SSSR count). The average Bonchev–Trinajstić information content (AvgIpc) is 2.51. The number of terminal acetylenes is 1. The summed E-state index contributed by atoms with van der Waals surface area (Å²) < 4.78 is 5.02. The molecule has 70 valence electrons. The fraction of sp³-hybridized carbons (Fsp3) is 0.500. The Bertz CT molecular complexity index is 285. The van der Waals surface area contributed by atoms with Gasteiger partial charge in [-0.2, -0.15) is 0 Å². The lowest BCUT2D eigenvalue weighted by atomic mass is 10.3. The summed E-state index contributed by atoms with van der Waals surface area (Å²) in [6.45, 7) is 3.56. The van der Waals surface area contributed by atoms with Crippen LogP contribution in [0.1, 0.15) is 24.3 Å². The van der Waals surface area contributed by atoms with Crippen LogP contribution in [0.15, 0.2) is 10.6 Å². The number of aromatic nitrogens is 1. The fourth-order valence-corrected chi connectivity index (χ4v) is 1.03. The molecule has 0 aliphatic heterocycles. The number of unbranched alkanes of at least 4 members (excludes halogenated alkanes) is 1. The van der Waals surface area contributed by atoms with E-state index in [4.69, 9.17) is 10.9 Å². The van der Waals surface area contributed by atoms with E-state index < -0.39 is 0 Å². The highest BCUT2D eigenvalue weighted by molar-refractivity contribution is 5.02. The van der Waals surface area contributed by atoms with Crippen LogP contribution in [-0.2, 0) is 6.54 Å². The van der Waals surface area contributed by atoms with Gasteiger partial charge in [0.05, 0.1) is 12.2 Å². The summed E-state index contributed by atoms with van der Waals surface area (Å²) in [5.41, 5.74) is 0.917. The lowest BCUT2D eigenvalue weighted by Crippen LogP contribution is -2.13. The topological polar surface area (TPSA) is 38.1 Å². The molecule has 1 aromatic heterocycles. The summed E-state index contributed by atoms with van der Waals surface area (Å²) in [6, 6.07) is 1.92. The Labute approximate surface area is 78.5 Å². The molecule has 3 nitrogen and oxygen atoms in total. The monoisotopic (exact) mass is 178 g/mol. The second kappa shape index (κ2) is 5.39. The summed E-state index contributed by atoms with van der Waals surface area (Å²) in [4.78, 5) is 0. The minimum absolute atomic E-state index is 0.728. The molecule has 0 unspecified atom stereocenters. The Hall–Kier alpha value is -1.27. The van der Waals surface area contributed by atoms with E-state index in [1.807, 2.05) is 13.0 Å². The average molecular weight is 178 g/mol. The highest BCUT2D eigenvalue weighted by Gasteiger charge is 1.98. The zero-order valence-corrected chi connectivity index (χ0v) is 7.84. The van der Waals surface area contributed by atoms with Crippen LogP contribution >= 0.6 is 0 Å². The van der Waals surface area contributed by atoms with Crippen LogP contribution in [0.5, 0.6) is 0 Å². The summed E-state index contributed by atoms with van der Waals surface area (Å²) in [7, 11) is 0. The molecule has 0 fully saturated rings. The first-order valence-corrected chi connectivity index (χ1v) is 4.39. The van der Waals surface area contributed by atoms with Gasteiger partial charge >= 0.3 is 0 Å². The van der Waals surface area contributed by atoms with Crippen molar-refractivity contribution < 1.29 is 4.52 Å². The Morgan fingerprint density at radius 3 is 3.15 bits per heavy atom. The molecule has 0 saturated heterocycles. The smallest absolute Gasteiger partial charge is 0.150 e. The van der Waals surface area contributed by atoms with Crippen molar-refractivity contribution in [2.75, 3.05) is 6.54 Å². The molecule has 13 heavy (non-hydrogen) atoms. The van der Waals surface area contributed by atoms with Crippen LogP contribution in [-0.4, -0.2) is 11.7 Å². The molecule has 0 aliphatic carbocycles. The van der Waals surface area contributed by atoms with Crippen LogP contribution in [0.25, 0.3) is 0 Å². The number of hydrogen-bond acceptors (Lipinski definition) is 3. The van der Waals surface area contributed by atoms with Gasteiger partial charge in [-0.05, 0) is 19.9 Å². The number of aryl methyl sites for hydroxylation is 1. The molecule has 1 aromatic rings. The standard InChI is InChI=1S/C10H14N2O/c1-3-4-5-6-11-8-10-7-9(2)12-13-10/h1,7,11H,4-6,8H2,2H3. The molecule has 1 N–H and O–H groups in total. The van der Waals surface area contributed by atoms with Crippen molar-refractivity contribution in [2.24, 2.45) is 0 Å². The second-order valence-electron chi connectivity index (χ2n) is 2.92. The fourth-order valence-electron chi connectivity index (χ4n) is 1.03. The first kappa shape index (κ1) is 9.82. The van der Waals surface area contributed by atoms with Crippen molar-refractivity contribution in [2.45, 2.75) is 26.3 Å². The van der Waals surface area contributed by atoms with Crippen molar-refractivity contribution in [3.05, 3.63) is 17.5 Å². The normalized spacial score (nSPS) is 9.85. The van der Waals surface area contributed by atoms with Gasteiger partial charge in [0.25, 0.3) is 0 Å². The van der Waals surface area contributed by atoms with Crippen molar-refractivity contribution in [1.29, 1.82) is 0 Å². The van der Waals surface area contributed by atoms with Crippen molar-refractivity contribution in [3.63, 3.8) is 0 Å². The third-order valence-electron chi connectivity index (χ3n) is 1.65. The van der Waals surface area contributed by atoms with Gasteiger partial charge in [-0.15, -0.1) is 12.3 Å². The van der Waals surface area contributed by atoms with Crippen LogP contribution in [0.3, 0.4) is 0 Å². The molecule has 0 radical (unpaired) electrons. The Morgan fingerprint density at radius 2 is 2.54 bits per heavy atom. The van der Waals surface area contributed by atoms with Gasteiger partial charge in [-0.1, -0.05) is 5.16 Å². The third-order valence-corrected chi connectivity index (χ3v) is 1.65. The van der Waals surface area contributed by atoms with Crippen LogP contribution in [0.4, 0.5) is 0 Å². The molecule has 3 heteroatoms. The predicted octanol–water partition coefficient (Wildman–Crippen LogP) is 1.49. The number of rotatable bonds is 5. The maximum atomic E-state index is 5.12. The van der Waals surface area contributed by atoms with E-state index in [1.165, 1.54) is 0 Å². The molecular formula is C10H14N2O. The molecule has 0 saturated carbocycles. The Balaban J connectivity index is 2.10. The van der Waals surface area contributed by atoms with Gasteiger partial charge in [0.1, 0.15) is 0 Å². The maximum Gasteiger partial charge on any atom is 0.150 e. The van der Waals surface area contributed by atoms with Crippen molar-refractivity contribution in [3.8, 4) is 12.3 Å². The van der Waals surface area contributed by atoms with Crippen LogP contribution in [0, 0.1) is 19.3 Å². The predicted molar refractivity (Wildman–Crippen MR) is 51.0 cm³/mol. The van der Waals surface area contributed by atoms with E-state index in [-0.39, 0.29) is 0 Å². The summed E-state index contributed by atoms with van der Waals surface area (Å²) in [5, 5.41) is 7.00. The molecule has 0 spiro atoms. The van der Waals surface area contributed by atoms with Crippen LogP contribution in [0.2, 0.25) is 0 Å². The number of hydrogen-bond donors (Lipinski definition) is 1. The zero-order valence-electron chi connectivity index (χ0n) is 7.84. The van der Waals surface area contributed by atoms with Crippen molar-refractivity contribution >= 4 is 0 Å². The second-order valence-corrected chi connectivity index (χ2v) is 2.92. The van der Waals surface area contributed by atoms with Gasteiger partial charge in [0, 0.05) is 12.5 Å². The van der Waals surface area contributed by atoms with E-state index in [0.717, 1.165) is 37.4 Å². The van der Waals surface area contributed by atoms with Gasteiger partial charge in [-0.3, -0.25) is 0 Å². The highest BCUT2D eigenvalue weighted by Crippen LogP contribution is 2.00.